The molecule has 1 fully saturated rings. The minimum Gasteiger partial charge on any atom is -0.337 e. The molecule has 0 saturated carbocycles. The van der Waals surface area contributed by atoms with Crippen molar-refractivity contribution in [3.8, 4) is 10.6 Å². The van der Waals surface area contributed by atoms with E-state index in [4.69, 9.17) is 28.9 Å². The van der Waals surface area contributed by atoms with Gasteiger partial charge in [0, 0.05) is 30.1 Å². The zero-order chi connectivity index (χ0) is 15.7. The summed E-state index contributed by atoms with van der Waals surface area (Å²) >= 11 is 13.4. The lowest BCUT2D eigenvalue weighted by Gasteiger charge is -2.29. The fraction of sp³-hybridized carbons (Fsp3) is 0.333. The molecule has 7 heteroatoms. The van der Waals surface area contributed by atoms with Gasteiger partial charge in [-0.15, -0.1) is 11.3 Å². The highest BCUT2D eigenvalue weighted by Crippen LogP contribution is 2.30. The molecule has 116 valence electrons. The van der Waals surface area contributed by atoms with Crippen LogP contribution >= 0.6 is 34.5 Å². The van der Waals surface area contributed by atoms with Gasteiger partial charge in [-0.1, -0.05) is 29.3 Å². The largest absolute Gasteiger partial charge is 0.337 e. The van der Waals surface area contributed by atoms with Gasteiger partial charge in [0.25, 0.3) is 5.91 Å². The second-order valence-electron chi connectivity index (χ2n) is 5.30. The number of likely N-dealkylation sites (tertiary alicyclic amines) is 1. The Morgan fingerprint density at radius 1 is 1.27 bits per heavy atom. The molecule has 0 radical (unpaired) electrons. The number of carbonyl (C=O) groups excluding carboxylic acids is 1. The van der Waals surface area contributed by atoms with Crippen molar-refractivity contribution in [1.82, 2.24) is 9.88 Å². The molecule has 2 N–H and O–H groups in total. The third kappa shape index (κ3) is 3.27. The summed E-state index contributed by atoms with van der Waals surface area (Å²) in [6.07, 6.45) is 1.69. The van der Waals surface area contributed by atoms with Crippen molar-refractivity contribution < 1.29 is 4.79 Å². The number of aromatic nitrogens is 1. The first-order chi connectivity index (χ1) is 10.5. The molecule has 1 aliphatic heterocycles. The van der Waals surface area contributed by atoms with Crippen LogP contribution in [0.4, 0.5) is 0 Å². The topological polar surface area (TPSA) is 59.2 Å². The molecule has 1 amide bonds. The number of nitrogens with zero attached hydrogens (tertiary/aromatic N) is 2. The van der Waals surface area contributed by atoms with Gasteiger partial charge < -0.3 is 10.6 Å². The van der Waals surface area contributed by atoms with Gasteiger partial charge in [0.1, 0.15) is 10.7 Å². The van der Waals surface area contributed by atoms with E-state index in [9.17, 15) is 4.79 Å². The summed E-state index contributed by atoms with van der Waals surface area (Å²) in [7, 11) is 0. The van der Waals surface area contributed by atoms with Crippen molar-refractivity contribution in [2.24, 2.45) is 5.73 Å². The van der Waals surface area contributed by atoms with Crippen molar-refractivity contribution in [2.45, 2.75) is 18.9 Å². The molecule has 1 aromatic carbocycles. The van der Waals surface area contributed by atoms with Gasteiger partial charge in [-0.05, 0) is 25.0 Å². The average Bonchev–Trinajstić information content (AvgIpc) is 3.00. The molecule has 0 spiro atoms. The predicted molar refractivity (Wildman–Crippen MR) is 90.7 cm³/mol. The molecule has 1 aromatic heterocycles. The summed E-state index contributed by atoms with van der Waals surface area (Å²) in [6, 6.07) is 5.54. The van der Waals surface area contributed by atoms with Crippen LogP contribution in [0.2, 0.25) is 10.0 Å². The first-order valence-electron chi connectivity index (χ1n) is 7.00. The van der Waals surface area contributed by atoms with E-state index >= 15 is 0 Å². The summed E-state index contributed by atoms with van der Waals surface area (Å²) in [6.45, 7) is 1.39. The number of rotatable bonds is 2. The van der Waals surface area contributed by atoms with E-state index < -0.39 is 0 Å². The molecule has 1 saturated heterocycles. The van der Waals surface area contributed by atoms with Crippen LogP contribution in [0.25, 0.3) is 10.6 Å². The van der Waals surface area contributed by atoms with Crippen molar-refractivity contribution in [1.29, 1.82) is 0 Å². The van der Waals surface area contributed by atoms with E-state index in [0.29, 0.717) is 28.8 Å². The van der Waals surface area contributed by atoms with Gasteiger partial charge in [-0.25, -0.2) is 4.98 Å². The Morgan fingerprint density at radius 3 is 2.68 bits per heavy atom. The van der Waals surface area contributed by atoms with Gasteiger partial charge >= 0.3 is 0 Å². The number of halogens is 2. The van der Waals surface area contributed by atoms with Crippen LogP contribution in [0, 0.1) is 0 Å². The minimum absolute atomic E-state index is 0.0329. The monoisotopic (exact) mass is 355 g/mol. The Morgan fingerprint density at radius 2 is 2.00 bits per heavy atom. The van der Waals surface area contributed by atoms with Gasteiger partial charge in [0.2, 0.25) is 0 Å². The number of hydrogen-bond acceptors (Lipinski definition) is 4. The van der Waals surface area contributed by atoms with E-state index in [1.165, 1.54) is 11.3 Å². The summed E-state index contributed by atoms with van der Waals surface area (Å²) in [5.74, 6) is -0.0329. The molecule has 0 bridgehead atoms. The minimum atomic E-state index is -0.0329. The predicted octanol–water partition coefficient (Wildman–Crippen LogP) is 3.68. The lowest BCUT2D eigenvalue weighted by molar-refractivity contribution is 0.0709. The molecule has 0 atom stereocenters. The van der Waals surface area contributed by atoms with Gasteiger partial charge in [-0.2, -0.15) is 0 Å². The van der Waals surface area contributed by atoms with E-state index in [2.05, 4.69) is 4.98 Å². The van der Waals surface area contributed by atoms with E-state index in [1.54, 1.807) is 17.5 Å². The van der Waals surface area contributed by atoms with Crippen molar-refractivity contribution in [3.63, 3.8) is 0 Å². The molecule has 2 aromatic rings. The number of benzene rings is 1. The first-order valence-corrected chi connectivity index (χ1v) is 8.64. The summed E-state index contributed by atoms with van der Waals surface area (Å²) in [5.41, 5.74) is 7.20. The van der Waals surface area contributed by atoms with E-state index in [1.807, 2.05) is 11.0 Å². The highest BCUT2D eigenvalue weighted by Gasteiger charge is 2.23. The first kappa shape index (κ1) is 15.7. The number of thiazole rings is 1. The SMILES string of the molecule is NC1CCN(C(=O)c2csc(-c3ccc(Cl)c(Cl)c3)n2)CC1. The van der Waals surface area contributed by atoms with Crippen LogP contribution in [0.1, 0.15) is 23.3 Å². The molecular weight excluding hydrogens is 341 g/mol. The maximum Gasteiger partial charge on any atom is 0.273 e. The fourth-order valence-corrected chi connectivity index (χ4v) is 3.49. The molecular formula is C15H15Cl2N3OS. The third-order valence-electron chi connectivity index (χ3n) is 3.72. The fourth-order valence-electron chi connectivity index (χ4n) is 2.40. The van der Waals surface area contributed by atoms with E-state index in [0.717, 1.165) is 23.4 Å². The van der Waals surface area contributed by atoms with Crippen LogP contribution in [0.5, 0.6) is 0 Å². The highest BCUT2D eigenvalue weighted by molar-refractivity contribution is 7.13. The van der Waals surface area contributed by atoms with Gasteiger partial charge in [0.15, 0.2) is 0 Å². The summed E-state index contributed by atoms with van der Waals surface area (Å²) in [4.78, 5) is 18.7. The van der Waals surface area contributed by atoms with Gasteiger partial charge in [-0.3, -0.25) is 4.79 Å². The highest BCUT2D eigenvalue weighted by atomic mass is 35.5. The molecule has 1 aliphatic rings. The molecule has 2 heterocycles. The lowest BCUT2D eigenvalue weighted by atomic mass is 10.1. The number of carbonyl (C=O) groups is 1. The summed E-state index contributed by atoms with van der Waals surface area (Å²) in [5, 5.41) is 3.53. The van der Waals surface area contributed by atoms with Crippen LogP contribution in [-0.4, -0.2) is 34.9 Å². The van der Waals surface area contributed by atoms with Crippen molar-refractivity contribution in [2.75, 3.05) is 13.1 Å². The lowest BCUT2D eigenvalue weighted by Crippen LogP contribution is -2.42. The second-order valence-corrected chi connectivity index (χ2v) is 6.97. The number of hydrogen-bond donors (Lipinski definition) is 1. The zero-order valence-electron chi connectivity index (χ0n) is 11.8. The maximum atomic E-state index is 12.5. The Kier molecular flexibility index (Phi) is 4.68. The Bertz CT molecular complexity index is 696. The molecule has 0 unspecified atom stereocenters. The molecule has 22 heavy (non-hydrogen) atoms. The molecule has 4 nitrogen and oxygen atoms in total. The quantitative estimate of drug-likeness (QED) is 0.893. The van der Waals surface area contributed by atoms with Crippen LogP contribution < -0.4 is 5.73 Å². The van der Waals surface area contributed by atoms with Crippen LogP contribution in [0.15, 0.2) is 23.6 Å². The number of amides is 1. The third-order valence-corrected chi connectivity index (χ3v) is 5.35. The second kappa shape index (κ2) is 6.54. The van der Waals surface area contributed by atoms with Gasteiger partial charge in [0.05, 0.1) is 10.0 Å². The molecule has 3 rings (SSSR count). The van der Waals surface area contributed by atoms with Crippen LogP contribution in [0.3, 0.4) is 0 Å². The smallest absolute Gasteiger partial charge is 0.273 e. The molecule has 0 aliphatic carbocycles. The Labute approximate surface area is 142 Å². The number of piperidine rings is 1. The Hall–Kier alpha value is -1.14. The zero-order valence-corrected chi connectivity index (χ0v) is 14.1. The standard InChI is InChI=1S/C15H15Cl2N3OS/c16-11-2-1-9(7-12(11)17)14-19-13(8-22-14)15(21)20-5-3-10(18)4-6-20/h1-2,7-8,10H,3-6,18H2. The summed E-state index contributed by atoms with van der Waals surface area (Å²) < 4.78 is 0. The Balaban J connectivity index is 1.78. The average molecular weight is 356 g/mol. The normalized spacial score (nSPS) is 16.0. The number of nitrogens with two attached hydrogens (primary N) is 1. The van der Waals surface area contributed by atoms with E-state index in [-0.39, 0.29) is 11.9 Å². The van der Waals surface area contributed by atoms with Crippen LogP contribution in [-0.2, 0) is 0 Å². The van der Waals surface area contributed by atoms with Crippen molar-refractivity contribution in [3.05, 3.63) is 39.3 Å². The van der Waals surface area contributed by atoms with Crippen molar-refractivity contribution >= 4 is 40.4 Å². The maximum absolute atomic E-state index is 12.5.